The zero-order valence-electron chi connectivity index (χ0n) is 12.9. The van der Waals surface area contributed by atoms with Gasteiger partial charge in [0.05, 0.1) is 12.7 Å². The predicted octanol–water partition coefficient (Wildman–Crippen LogP) is 1.49. The molecule has 0 radical (unpaired) electrons. The van der Waals surface area contributed by atoms with Crippen LogP contribution in [0.25, 0.3) is 0 Å². The molecule has 1 saturated carbocycles. The molecule has 1 aliphatic carbocycles. The average molecular weight is 314 g/mol. The fourth-order valence-electron chi connectivity index (χ4n) is 2.18. The monoisotopic (exact) mass is 314 g/mol. The summed E-state index contributed by atoms with van der Waals surface area (Å²) in [4.78, 5) is 0.247. The van der Waals surface area contributed by atoms with E-state index in [1.807, 2.05) is 6.92 Å². The van der Waals surface area contributed by atoms with Crippen LogP contribution in [-0.2, 0) is 16.6 Å². The lowest BCUT2D eigenvalue weighted by atomic mass is 10.2. The second kappa shape index (κ2) is 7.38. The lowest BCUT2D eigenvalue weighted by molar-refractivity contribution is 0.533. The third kappa shape index (κ3) is 5.41. The first kappa shape index (κ1) is 16.5. The van der Waals surface area contributed by atoms with Crippen molar-refractivity contribution >= 4 is 10.0 Å². The van der Waals surface area contributed by atoms with Gasteiger partial charge in [-0.25, -0.2) is 13.1 Å². The fraction of sp³-hybridized carbons (Fsp3) is 0.786. The van der Waals surface area contributed by atoms with E-state index in [9.17, 15) is 8.42 Å². The van der Waals surface area contributed by atoms with Crippen LogP contribution in [0.4, 0.5) is 0 Å². The summed E-state index contributed by atoms with van der Waals surface area (Å²) in [7, 11) is -3.45. The highest BCUT2D eigenvalue weighted by molar-refractivity contribution is 7.89. The normalized spacial score (nSPS) is 17.0. The molecule has 2 N–H and O–H groups in total. The Morgan fingerprint density at radius 1 is 1.48 bits per heavy atom. The molecule has 1 unspecified atom stereocenters. The van der Waals surface area contributed by atoms with Gasteiger partial charge >= 0.3 is 0 Å². The Balaban J connectivity index is 1.85. The van der Waals surface area contributed by atoms with Crippen LogP contribution in [0.15, 0.2) is 17.3 Å². The highest BCUT2D eigenvalue weighted by Crippen LogP contribution is 2.18. The Labute approximate surface area is 127 Å². The van der Waals surface area contributed by atoms with Crippen molar-refractivity contribution in [2.75, 3.05) is 6.54 Å². The second-order valence-electron chi connectivity index (χ2n) is 5.83. The molecule has 0 saturated heterocycles. The molecule has 1 aliphatic rings. The molecule has 0 aliphatic heterocycles. The van der Waals surface area contributed by atoms with E-state index in [0.717, 1.165) is 25.8 Å². The SMILES string of the molecule is CCCCC(C)NS(=O)(=O)c1cnn(CCNC2CC2)c1. The molecule has 1 heterocycles. The van der Waals surface area contributed by atoms with Crippen molar-refractivity contribution in [2.24, 2.45) is 0 Å². The van der Waals surface area contributed by atoms with Gasteiger partial charge in [0.2, 0.25) is 10.0 Å². The van der Waals surface area contributed by atoms with Gasteiger partial charge in [0.1, 0.15) is 4.90 Å². The molecule has 1 fully saturated rings. The molecule has 21 heavy (non-hydrogen) atoms. The number of unbranched alkanes of at least 4 members (excludes halogenated alkanes) is 1. The van der Waals surface area contributed by atoms with E-state index in [4.69, 9.17) is 0 Å². The smallest absolute Gasteiger partial charge is 0.243 e. The quantitative estimate of drug-likeness (QED) is 0.686. The van der Waals surface area contributed by atoms with Crippen molar-refractivity contribution in [3.05, 3.63) is 12.4 Å². The van der Waals surface area contributed by atoms with Crippen LogP contribution in [0.3, 0.4) is 0 Å². The molecule has 1 atom stereocenters. The molecule has 120 valence electrons. The van der Waals surface area contributed by atoms with Crippen LogP contribution < -0.4 is 10.0 Å². The summed E-state index contributed by atoms with van der Waals surface area (Å²) in [6, 6.07) is 0.611. The van der Waals surface area contributed by atoms with Gasteiger partial charge in [0.25, 0.3) is 0 Å². The zero-order valence-corrected chi connectivity index (χ0v) is 13.7. The van der Waals surface area contributed by atoms with Crippen LogP contribution in [0, 0.1) is 0 Å². The maximum atomic E-state index is 12.2. The van der Waals surface area contributed by atoms with Crippen molar-refractivity contribution in [2.45, 2.75) is 69.5 Å². The van der Waals surface area contributed by atoms with E-state index in [-0.39, 0.29) is 10.9 Å². The van der Waals surface area contributed by atoms with Crippen LogP contribution in [0.2, 0.25) is 0 Å². The van der Waals surface area contributed by atoms with Crippen LogP contribution in [-0.4, -0.2) is 36.8 Å². The number of nitrogens with one attached hydrogen (secondary N) is 2. The van der Waals surface area contributed by atoms with Gasteiger partial charge in [-0.2, -0.15) is 5.10 Å². The topological polar surface area (TPSA) is 76.0 Å². The van der Waals surface area contributed by atoms with Gasteiger partial charge in [-0.1, -0.05) is 19.8 Å². The maximum absolute atomic E-state index is 12.2. The highest BCUT2D eigenvalue weighted by Gasteiger charge is 2.21. The Hall–Kier alpha value is -0.920. The van der Waals surface area contributed by atoms with E-state index >= 15 is 0 Å². The zero-order chi connectivity index (χ0) is 15.3. The van der Waals surface area contributed by atoms with Gasteiger partial charge in [0, 0.05) is 24.8 Å². The third-order valence-electron chi connectivity index (χ3n) is 3.62. The van der Waals surface area contributed by atoms with E-state index in [1.165, 1.54) is 19.0 Å². The van der Waals surface area contributed by atoms with Crippen LogP contribution in [0.5, 0.6) is 0 Å². The van der Waals surface area contributed by atoms with Crippen molar-refractivity contribution in [1.29, 1.82) is 0 Å². The number of rotatable bonds is 10. The Morgan fingerprint density at radius 3 is 2.90 bits per heavy atom. The lowest BCUT2D eigenvalue weighted by Gasteiger charge is -2.12. The lowest BCUT2D eigenvalue weighted by Crippen LogP contribution is -2.32. The molecule has 6 nitrogen and oxygen atoms in total. The van der Waals surface area contributed by atoms with Gasteiger partial charge in [0.15, 0.2) is 0 Å². The van der Waals surface area contributed by atoms with Crippen LogP contribution >= 0.6 is 0 Å². The summed E-state index contributed by atoms with van der Waals surface area (Å²) in [5, 5.41) is 7.51. The minimum absolute atomic E-state index is 0.0465. The first-order chi connectivity index (χ1) is 10.0. The standard InChI is InChI=1S/C14H26N4O2S/c1-3-4-5-12(2)17-21(19,20)14-10-16-18(11-14)9-8-15-13-6-7-13/h10-13,15,17H,3-9H2,1-2H3. The highest BCUT2D eigenvalue weighted by atomic mass is 32.2. The number of nitrogens with zero attached hydrogens (tertiary/aromatic N) is 2. The van der Waals surface area contributed by atoms with E-state index in [1.54, 1.807) is 10.9 Å². The summed E-state index contributed by atoms with van der Waals surface area (Å²) in [5.74, 6) is 0. The molecule has 1 aromatic heterocycles. The van der Waals surface area contributed by atoms with Gasteiger partial charge in [-0.3, -0.25) is 4.68 Å². The Bertz CT molecular complexity index is 537. The molecule has 7 heteroatoms. The summed E-state index contributed by atoms with van der Waals surface area (Å²) < 4.78 is 28.9. The average Bonchev–Trinajstić information content (AvgIpc) is 3.11. The first-order valence-corrected chi connectivity index (χ1v) is 9.27. The largest absolute Gasteiger partial charge is 0.312 e. The van der Waals surface area contributed by atoms with Crippen molar-refractivity contribution in [1.82, 2.24) is 19.8 Å². The number of aromatic nitrogens is 2. The van der Waals surface area contributed by atoms with Gasteiger partial charge < -0.3 is 5.32 Å². The third-order valence-corrected chi connectivity index (χ3v) is 5.16. The number of sulfonamides is 1. The number of hydrogen-bond donors (Lipinski definition) is 2. The summed E-state index contributed by atoms with van der Waals surface area (Å²) in [6.07, 6.45) is 8.47. The fourth-order valence-corrected chi connectivity index (χ4v) is 3.41. The maximum Gasteiger partial charge on any atom is 0.243 e. The number of hydrogen-bond acceptors (Lipinski definition) is 4. The van der Waals surface area contributed by atoms with E-state index < -0.39 is 10.0 Å². The summed E-state index contributed by atoms with van der Waals surface area (Å²) in [6.45, 7) is 5.52. The molecule has 1 aromatic rings. The molecular formula is C14H26N4O2S. The minimum Gasteiger partial charge on any atom is -0.312 e. The van der Waals surface area contributed by atoms with Crippen molar-refractivity contribution in [3.63, 3.8) is 0 Å². The first-order valence-electron chi connectivity index (χ1n) is 7.79. The van der Waals surface area contributed by atoms with Crippen LogP contribution in [0.1, 0.15) is 46.0 Å². The van der Waals surface area contributed by atoms with Gasteiger partial charge in [-0.05, 0) is 26.2 Å². The molecule has 0 spiro atoms. The molecular weight excluding hydrogens is 288 g/mol. The van der Waals surface area contributed by atoms with Crippen molar-refractivity contribution < 1.29 is 8.42 Å². The van der Waals surface area contributed by atoms with Crippen molar-refractivity contribution in [3.8, 4) is 0 Å². The molecule has 2 rings (SSSR count). The molecule has 0 aromatic carbocycles. The Kier molecular flexibility index (Phi) is 5.78. The van der Waals surface area contributed by atoms with E-state index in [2.05, 4.69) is 22.1 Å². The minimum atomic E-state index is -3.45. The summed E-state index contributed by atoms with van der Waals surface area (Å²) >= 11 is 0. The van der Waals surface area contributed by atoms with Gasteiger partial charge in [-0.15, -0.1) is 0 Å². The summed E-state index contributed by atoms with van der Waals surface area (Å²) in [5.41, 5.74) is 0. The molecule has 0 amide bonds. The van der Waals surface area contributed by atoms with E-state index in [0.29, 0.717) is 12.6 Å². The predicted molar refractivity (Wildman–Crippen MR) is 82.6 cm³/mol. The molecule has 0 bridgehead atoms. The second-order valence-corrected chi connectivity index (χ2v) is 7.55. The Morgan fingerprint density at radius 2 is 2.24 bits per heavy atom.